The van der Waals surface area contributed by atoms with Crippen LogP contribution >= 0.6 is 11.6 Å². The van der Waals surface area contributed by atoms with E-state index in [1.165, 1.54) is 0 Å². The highest BCUT2D eigenvalue weighted by molar-refractivity contribution is 6.30. The van der Waals surface area contributed by atoms with Gasteiger partial charge < -0.3 is 5.32 Å². The summed E-state index contributed by atoms with van der Waals surface area (Å²) in [5.74, 6) is 0.703. The fourth-order valence-corrected chi connectivity index (χ4v) is 2.85. The van der Waals surface area contributed by atoms with Crippen molar-refractivity contribution >= 4 is 33.9 Å². The van der Waals surface area contributed by atoms with Crippen molar-refractivity contribution in [3.05, 3.63) is 77.4 Å². The van der Waals surface area contributed by atoms with E-state index in [0.29, 0.717) is 10.8 Å². The van der Waals surface area contributed by atoms with E-state index in [-0.39, 0.29) is 0 Å². The zero-order valence-corrected chi connectivity index (χ0v) is 14.3. The molecule has 0 aliphatic carbocycles. The lowest BCUT2D eigenvalue weighted by Gasteiger charge is -2.11. The van der Waals surface area contributed by atoms with Crippen LogP contribution in [-0.4, -0.2) is 15.2 Å². The van der Waals surface area contributed by atoms with Gasteiger partial charge in [-0.15, -0.1) is 10.2 Å². The van der Waals surface area contributed by atoms with Gasteiger partial charge >= 0.3 is 0 Å². The molecule has 1 N–H and O–H groups in total. The van der Waals surface area contributed by atoms with Crippen molar-refractivity contribution in [1.82, 2.24) is 15.2 Å². The summed E-state index contributed by atoms with van der Waals surface area (Å²) in [7, 11) is 0. The number of aromatic nitrogens is 3. The Morgan fingerprint density at radius 2 is 1.64 bits per heavy atom. The number of aryl methyl sites for hydroxylation is 1. The Labute approximate surface area is 150 Å². The normalized spacial score (nSPS) is 10.8. The van der Waals surface area contributed by atoms with E-state index >= 15 is 0 Å². The molecule has 0 amide bonds. The summed E-state index contributed by atoms with van der Waals surface area (Å²) in [5.41, 5.74) is 3.65. The minimum Gasteiger partial charge on any atom is -0.338 e. The van der Waals surface area contributed by atoms with Crippen molar-refractivity contribution in [2.24, 2.45) is 0 Å². The van der Waals surface area contributed by atoms with Crippen molar-refractivity contribution in [2.45, 2.75) is 6.92 Å². The van der Waals surface area contributed by atoms with Crippen molar-refractivity contribution in [1.29, 1.82) is 0 Å². The Balaban J connectivity index is 1.83. The van der Waals surface area contributed by atoms with Crippen LogP contribution in [0.4, 0.5) is 11.5 Å². The molecular weight excluding hydrogens is 332 g/mol. The molecule has 0 saturated carbocycles. The molecule has 2 aromatic heterocycles. The molecule has 0 unspecified atom stereocenters. The largest absolute Gasteiger partial charge is 0.338 e. The van der Waals surface area contributed by atoms with Crippen LogP contribution in [0.2, 0.25) is 5.02 Å². The Kier molecular flexibility index (Phi) is 4.04. The van der Waals surface area contributed by atoms with Gasteiger partial charge in [-0.2, -0.15) is 0 Å². The zero-order valence-electron chi connectivity index (χ0n) is 13.6. The molecule has 5 heteroatoms. The van der Waals surface area contributed by atoms with Crippen LogP contribution in [-0.2, 0) is 0 Å². The molecule has 25 heavy (non-hydrogen) atoms. The highest BCUT2D eigenvalue weighted by atomic mass is 35.5. The zero-order chi connectivity index (χ0) is 17.2. The Morgan fingerprint density at radius 1 is 0.880 bits per heavy atom. The fraction of sp³-hybridized carbons (Fsp3) is 0.0500. The maximum Gasteiger partial charge on any atom is 0.161 e. The summed E-state index contributed by atoms with van der Waals surface area (Å²) in [6.07, 6.45) is 1.79. The Hall–Kier alpha value is -2.98. The first-order valence-corrected chi connectivity index (χ1v) is 8.29. The van der Waals surface area contributed by atoms with Crippen LogP contribution in [0, 0.1) is 6.92 Å². The number of nitrogens with one attached hydrogen (secondary N) is 1. The first kappa shape index (κ1) is 15.5. The third-order valence-electron chi connectivity index (χ3n) is 3.95. The van der Waals surface area contributed by atoms with Gasteiger partial charge in [-0.05, 0) is 48.9 Å². The molecule has 2 aromatic carbocycles. The second kappa shape index (κ2) is 6.49. The first-order valence-electron chi connectivity index (χ1n) is 7.92. The highest BCUT2D eigenvalue weighted by Gasteiger charge is 2.12. The van der Waals surface area contributed by atoms with Crippen LogP contribution in [0.5, 0.6) is 0 Å². The first-order chi connectivity index (χ1) is 12.2. The number of halogens is 1. The monoisotopic (exact) mass is 346 g/mol. The van der Waals surface area contributed by atoms with Crippen LogP contribution in [0.15, 0.2) is 66.9 Å². The van der Waals surface area contributed by atoms with Crippen LogP contribution in [0.1, 0.15) is 5.56 Å². The summed E-state index contributed by atoms with van der Waals surface area (Å²) < 4.78 is 0. The quantitative estimate of drug-likeness (QED) is 0.539. The Morgan fingerprint density at radius 3 is 2.40 bits per heavy atom. The van der Waals surface area contributed by atoms with Crippen molar-refractivity contribution < 1.29 is 0 Å². The molecule has 0 fully saturated rings. The predicted molar refractivity (Wildman–Crippen MR) is 102 cm³/mol. The van der Waals surface area contributed by atoms with E-state index in [0.717, 1.165) is 33.4 Å². The van der Waals surface area contributed by atoms with Gasteiger partial charge in [0, 0.05) is 27.7 Å². The number of nitrogens with zero attached hydrogens (tertiary/aromatic N) is 3. The maximum absolute atomic E-state index is 5.95. The van der Waals surface area contributed by atoms with Crippen LogP contribution in [0.3, 0.4) is 0 Å². The molecule has 0 aliphatic rings. The number of pyridine rings is 1. The lowest BCUT2D eigenvalue weighted by atomic mass is 10.1. The molecule has 0 radical (unpaired) electrons. The lowest BCUT2D eigenvalue weighted by Crippen LogP contribution is -2.00. The lowest BCUT2D eigenvalue weighted by molar-refractivity contribution is 1.05. The van der Waals surface area contributed by atoms with E-state index in [1.54, 1.807) is 6.20 Å². The van der Waals surface area contributed by atoms with Gasteiger partial charge in [-0.1, -0.05) is 35.9 Å². The van der Waals surface area contributed by atoms with Gasteiger partial charge in [-0.25, -0.2) is 0 Å². The average Bonchev–Trinajstić information content (AvgIpc) is 2.64. The molecular formula is C20H15ClN4. The third kappa shape index (κ3) is 3.16. The number of hydrogen-bond donors (Lipinski definition) is 1. The van der Waals surface area contributed by atoms with Crippen LogP contribution in [0.25, 0.3) is 22.2 Å². The van der Waals surface area contributed by atoms with Gasteiger partial charge in [-0.3, -0.25) is 4.98 Å². The summed E-state index contributed by atoms with van der Waals surface area (Å²) in [5, 5.41) is 14.8. The molecule has 0 aliphatic heterocycles. The second-order valence-electron chi connectivity index (χ2n) is 5.79. The summed E-state index contributed by atoms with van der Waals surface area (Å²) in [4.78, 5) is 4.45. The molecule has 0 saturated heterocycles. The van der Waals surface area contributed by atoms with Gasteiger partial charge in [0.25, 0.3) is 0 Å². The van der Waals surface area contributed by atoms with Gasteiger partial charge in [0.05, 0.1) is 5.69 Å². The minimum atomic E-state index is 0.697. The number of hydrogen-bond acceptors (Lipinski definition) is 4. The van der Waals surface area contributed by atoms with Crippen LogP contribution < -0.4 is 5.32 Å². The maximum atomic E-state index is 5.95. The summed E-state index contributed by atoms with van der Waals surface area (Å²) in [6, 6.07) is 19.5. The third-order valence-corrected chi connectivity index (χ3v) is 4.20. The van der Waals surface area contributed by atoms with Gasteiger partial charge in [0.2, 0.25) is 0 Å². The van der Waals surface area contributed by atoms with E-state index in [1.807, 2.05) is 67.6 Å². The highest BCUT2D eigenvalue weighted by Crippen LogP contribution is 2.30. The minimum absolute atomic E-state index is 0.697. The number of fused-ring (bicyclic) bond motifs is 1. The SMILES string of the molecule is Cc1ccnc(-c2nnc(Nc3ccc(Cl)cc3)c3ccccc23)c1. The Bertz CT molecular complexity index is 1040. The fourth-order valence-electron chi connectivity index (χ4n) is 2.72. The molecule has 4 rings (SSSR count). The summed E-state index contributed by atoms with van der Waals surface area (Å²) in [6.45, 7) is 2.04. The molecule has 0 bridgehead atoms. The average molecular weight is 347 g/mol. The van der Waals surface area contributed by atoms with E-state index in [9.17, 15) is 0 Å². The molecule has 122 valence electrons. The van der Waals surface area contributed by atoms with E-state index < -0.39 is 0 Å². The molecule has 0 atom stereocenters. The smallest absolute Gasteiger partial charge is 0.161 e. The molecule has 0 spiro atoms. The number of anilines is 2. The van der Waals surface area contributed by atoms with Gasteiger partial charge in [0.15, 0.2) is 5.82 Å². The molecule has 4 nitrogen and oxygen atoms in total. The second-order valence-corrected chi connectivity index (χ2v) is 6.23. The standard InChI is InChI=1S/C20H15ClN4/c1-13-10-11-22-18(12-13)19-16-4-2-3-5-17(16)20(25-24-19)23-15-8-6-14(21)7-9-15/h2-12H,1H3,(H,23,25). The van der Waals surface area contributed by atoms with Crippen molar-refractivity contribution in [3.63, 3.8) is 0 Å². The van der Waals surface area contributed by atoms with E-state index in [4.69, 9.17) is 11.6 Å². The molecule has 2 heterocycles. The van der Waals surface area contributed by atoms with Gasteiger partial charge in [0.1, 0.15) is 5.69 Å². The van der Waals surface area contributed by atoms with E-state index in [2.05, 4.69) is 20.5 Å². The number of benzene rings is 2. The predicted octanol–water partition coefficient (Wildman–Crippen LogP) is 5.40. The number of rotatable bonds is 3. The van der Waals surface area contributed by atoms with Crippen molar-refractivity contribution in [2.75, 3.05) is 5.32 Å². The molecule has 4 aromatic rings. The van der Waals surface area contributed by atoms with Crippen molar-refractivity contribution in [3.8, 4) is 11.4 Å². The summed E-state index contributed by atoms with van der Waals surface area (Å²) >= 11 is 5.95. The topological polar surface area (TPSA) is 50.7 Å².